The fraction of sp³-hybridized carbons (Fsp3) is 0.500. The number of hydrogen-bond acceptors (Lipinski definition) is 5. The van der Waals surface area contributed by atoms with Crippen LogP contribution in [0.2, 0.25) is 0 Å². The summed E-state index contributed by atoms with van der Waals surface area (Å²) in [5, 5.41) is 8.35. The smallest absolute Gasteiger partial charge is 0.290 e. The Balaban J connectivity index is 1.82. The lowest BCUT2D eigenvalue weighted by molar-refractivity contribution is 0.0943. The monoisotopic (exact) mass is 329 g/mol. The first-order valence-corrected chi connectivity index (χ1v) is 8.96. The van der Waals surface area contributed by atoms with E-state index in [0.29, 0.717) is 6.54 Å². The highest BCUT2D eigenvalue weighted by Crippen LogP contribution is 2.38. The molecule has 0 aliphatic heterocycles. The molecule has 0 fully saturated rings. The third-order valence-corrected chi connectivity index (χ3v) is 5.51. The lowest BCUT2D eigenvalue weighted by atomic mass is 10.2. The van der Waals surface area contributed by atoms with Gasteiger partial charge in [0.2, 0.25) is 5.82 Å². The van der Waals surface area contributed by atoms with Crippen molar-refractivity contribution in [3.8, 4) is 0 Å². The first-order valence-electron chi connectivity index (χ1n) is 8.15. The van der Waals surface area contributed by atoms with Crippen LogP contribution in [-0.4, -0.2) is 32.0 Å². The van der Waals surface area contributed by atoms with Crippen LogP contribution in [0.15, 0.2) is 0 Å². The number of rotatable bonds is 4. The van der Waals surface area contributed by atoms with Gasteiger partial charge in [-0.25, -0.2) is 9.97 Å². The lowest BCUT2D eigenvalue weighted by Gasteiger charge is -1.99. The molecule has 0 saturated heterocycles. The minimum Gasteiger partial charge on any atom is -0.349 e. The molecule has 120 valence electrons. The number of amides is 1. The summed E-state index contributed by atoms with van der Waals surface area (Å²) in [6.45, 7) is 4.66. The maximum Gasteiger partial charge on any atom is 0.290 e. The van der Waals surface area contributed by atoms with E-state index in [4.69, 9.17) is 0 Å². The van der Waals surface area contributed by atoms with Crippen molar-refractivity contribution >= 4 is 33.1 Å². The predicted molar refractivity (Wildman–Crippen MR) is 90.2 cm³/mol. The molecule has 1 aliphatic rings. The maximum absolute atomic E-state index is 12.2. The summed E-state index contributed by atoms with van der Waals surface area (Å²) in [5.41, 5.74) is 2.13. The van der Waals surface area contributed by atoms with Gasteiger partial charge in [-0.15, -0.1) is 16.4 Å². The van der Waals surface area contributed by atoms with E-state index in [2.05, 4.69) is 27.3 Å². The van der Waals surface area contributed by atoms with Crippen molar-refractivity contribution in [2.75, 3.05) is 6.54 Å². The van der Waals surface area contributed by atoms with Crippen molar-refractivity contribution < 1.29 is 4.79 Å². The molecule has 23 heavy (non-hydrogen) atoms. The highest BCUT2D eigenvalue weighted by Gasteiger charge is 2.24. The third kappa shape index (κ3) is 2.30. The molecule has 0 atom stereocenters. The van der Waals surface area contributed by atoms with Crippen LogP contribution in [0.25, 0.3) is 15.9 Å². The Morgan fingerprint density at radius 2 is 2.22 bits per heavy atom. The number of nitrogens with zero attached hydrogens (tertiary/aromatic N) is 4. The first-order chi connectivity index (χ1) is 11.2. The summed E-state index contributed by atoms with van der Waals surface area (Å²) in [6.07, 6.45) is 5.39. The fourth-order valence-electron chi connectivity index (χ4n) is 3.15. The molecule has 6 nitrogen and oxygen atoms in total. The van der Waals surface area contributed by atoms with E-state index in [1.807, 2.05) is 6.92 Å². The molecule has 1 aliphatic carbocycles. The third-order valence-electron chi connectivity index (χ3n) is 4.32. The van der Waals surface area contributed by atoms with Gasteiger partial charge in [0, 0.05) is 11.4 Å². The quantitative estimate of drug-likeness (QED) is 0.747. The van der Waals surface area contributed by atoms with Gasteiger partial charge in [0.25, 0.3) is 5.91 Å². The van der Waals surface area contributed by atoms with Crippen molar-refractivity contribution in [3.05, 3.63) is 22.1 Å². The van der Waals surface area contributed by atoms with Crippen molar-refractivity contribution in [2.24, 2.45) is 0 Å². The second kappa shape index (κ2) is 5.56. The Kier molecular flexibility index (Phi) is 3.52. The number of carbonyl (C=O) groups excluding carboxylic acids is 1. The van der Waals surface area contributed by atoms with E-state index >= 15 is 0 Å². The van der Waals surface area contributed by atoms with Crippen LogP contribution in [0, 0.1) is 6.92 Å². The summed E-state index contributed by atoms with van der Waals surface area (Å²) in [5.74, 6) is 0.797. The van der Waals surface area contributed by atoms with Crippen LogP contribution in [-0.2, 0) is 12.8 Å². The molecule has 3 aromatic rings. The van der Waals surface area contributed by atoms with Crippen LogP contribution in [0.5, 0.6) is 0 Å². The number of thiophene rings is 1. The average Bonchev–Trinajstić information content (AvgIpc) is 3.20. The van der Waals surface area contributed by atoms with E-state index in [9.17, 15) is 4.79 Å². The molecular weight excluding hydrogens is 310 g/mol. The average molecular weight is 329 g/mol. The number of hydrogen-bond donors (Lipinski definition) is 1. The lowest BCUT2D eigenvalue weighted by Crippen LogP contribution is -2.25. The Morgan fingerprint density at radius 1 is 1.35 bits per heavy atom. The van der Waals surface area contributed by atoms with E-state index in [0.717, 1.165) is 47.4 Å². The SMILES string of the molecule is CCCCNC(=O)c1nc2c3c4c(sc3nc(C)n2n1)CCC4. The van der Waals surface area contributed by atoms with Crippen molar-refractivity contribution in [3.63, 3.8) is 0 Å². The molecule has 3 heterocycles. The molecular formula is C16H19N5OS. The summed E-state index contributed by atoms with van der Waals surface area (Å²) in [4.78, 5) is 23.9. The second-order valence-corrected chi connectivity index (χ2v) is 7.06. The number of aromatic nitrogens is 4. The molecule has 0 spiro atoms. The zero-order valence-corrected chi connectivity index (χ0v) is 14.2. The molecule has 0 aromatic carbocycles. The number of carbonyl (C=O) groups is 1. The molecule has 4 rings (SSSR count). The minimum atomic E-state index is -0.207. The van der Waals surface area contributed by atoms with Gasteiger partial charge in [0.05, 0.1) is 5.39 Å². The second-order valence-electron chi connectivity index (χ2n) is 5.98. The first kappa shape index (κ1) is 14.6. The molecule has 0 radical (unpaired) electrons. The molecule has 1 amide bonds. The van der Waals surface area contributed by atoms with Crippen LogP contribution >= 0.6 is 11.3 Å². The van der Waals surface area contributed by atoms with Gasteiger partial charge >= 0.3 is 0 Å². The largest absolute Gasteiger partial charge is 0.349 e. The van der Waals surface area contributed by atoms with Crippen LogP contribution < -0.4 is 5.32 Å². The van der Waals surface area contributed by atoms with Gasteiger partial charge < -0.3 is 5.32 Å². The maximum atomic E-state index is 12.2. The number of nitrogens with one attached hydrogen (secondary N) is 1. The molecule has 0 saturated carbocycles. The summed E-state index contributed by atoms with van der Waals surface area (Å²) in [7, 11) is 0. The van der Waals surface area contributed by atoms with Crippen molar-refractivity contribution in [1.29, 1.82) is 0 Å². The van der Waals surface area contributed by atoms with Gasteiger partial charge in [-0.05, 0) is 38.2 Å². The normalized spacial score (nSPS) is 13.8. The highest BCUT2D eigenvalue weighted by molar-refractivity contribution is 7.19. The summed E-state index contributed by atoms with van der Waals surface area (Å²) < 4.78 is 1.71. The Morgan fingerprint density at radius 3 is 3.04 bits per heavy atom. The topological polar surface area (TPSA) is 72.2 Å². The zero-order valence-electron chi connectivity index (χ0n) is 13.3. The number of aryl methyl sites for hydroxylation is 3. The molecule has 1 N–H and O–H groups in total. The summed E-state index contributed by atoms with van der Waals surface area (Å²) in [6, 6.07) is 0. The Bertz CT molecular complexity index is 910. The van der Waals surface area contributed by atoms with Gasteiger partial charge in [0.15, 0.2) is 5.65 Å². The van der Waals surface area contributed by atoms with Crippen molar-refractivity contribution in [2.45, 2.75) is 46.0 Å². The number of unbranched alkanes of at least 4 members (excludes halogenated alkanes) is 1. The fourth-order valence-corrected chi connectivity index (χ4v) is 4.45. The molecule has 0 bridgehead atoms. The van der Waals surface area contributed by atoms with Crippen LogP contribution in [0.4, 0.5) is 0 Å². The number of fused-ring (bicyclic) bond motifs is 5. The predicted octanol–water partition coefficient (Wildman–Crippen LogP) is 2.67. The van der Waals surface area contributed by atoms with Gasteiger partial charge in [-0.3, -0.25) is 4.79 Å². The van der Waals surface area contributed by atoms with E-state index in [1.165, 1.54) is 16.9 Å². The highest BCUT2D eigenvalue weighted by atomic mass is 32.1. The van der Waals surface area contributed by atoms with Gasteiger partial charge in [-0.1, -0.05) is 13.3 Å². The summed E-state index contributed by atoms with van der Waals surface area (Å²) >= 11 is 1.76. The van der Waals surface area contributed by atoms with E-state index in [1.54, 1.807) is 15.9 Å². The van der Waals surface area contributed by atoms with Gasteiger partial charge in [-0.2, -0.15) is 4.52 Å². The minimum absolute atomic E-state index is 0.207. The Labute approximate surface area is 137 Å². The van der Waals surface area contributed by atoms with Crippen LogP contribution in [0.1, 0.15) is 53.1 Å². The van der Waals surface area contributed by atoms with Gasteiger partial charge in [0.1, 0.15) is 10.7 Å². The van der Waals surface area contributed by atoms with Crippen molar-refractivity contribution in [1.82, 2.24) is 24.9 Å². The molecule has 3 aromatic heterocycles. The van der Waals surface area contributed by atoms with E-state index < -0.39 is 0 Å². The standard InChI is InChI=1S/C16H19N5OS/c1-3-4-8-17-15(22)13-19-14-12-10-6-5-7-11(10)23-16(12)18-9(2)21(14)20-13/h3-8H2,1-2H3,(H,17,22). The molecule has 7 heteroatoms. The van der Waals surface area contributed by atoms with E-state index in [-0.39, 0.29) is 11.7 Å². The Hall–Kier alpha value is -2.02. The zero-order chi connectivity index (χ0) is 16.0. The van der Waals surface area contributed by atoms with Crippen LogP contribution in [0.3, 0.4) is 0 Å². The molecule has 0 unspecified atom stereocenters.